The molecule has 6 nitrogen and oxygen atoms in total. The van der Waals surface area contributed by atoms with Crippen LogP contribution in [0, 0.1) is 11.8 Å². The minimum absolute atomic E-state index is 0.112. The molecule has 0 amide bonds. The average Bonchev–Trinajstić information content (AvgIpc) is 2.91. The molecule has 0 aliphatic heterocycles. The van der Waals surface area contributed by atoms with Crippen molar-refractivity contribution >= 4 is 11.6 Å². The SMILES string of the molecule is CCCCOc1noc2c1C(=O)C1C(=O)C=CCC1[C@@H]2N(C)C. The minimum atomic E-state index is -0.659. The third kappa shape index (κ3) is 2.61. The molecule has 0 spiro atoms. The van der Waals surface area contributed by atoms with Crippen LogP contribution >= 0.6 is 0 Å². The molecule has 124 valence electrons. The summed E-state index contributed by atoms with van der Waals surface area (Å²) in [4.78, 5) is 27.2. The fourth-order valence-corrected chi connectivity index (χ4v) is 3.52. The van der Waals surface area contributed by atoms with Crippen molar-refractivity contribution in [3.05, 3.63) is 23.5 Å². The fourth-order valence-electron chi connectivity index (χ4n) is 3.52. The van der Waals surface area contributed by atoms with Crippen LogP contribution in [0.3, 0.4) is 0 Å². The summed E-state index contributed by atoms with van der Waals surface area (Å²) in [6.45, 7) is 2.55. The lowest BCUT2D eigenvalue weighted by Crippen LogP contribution is -2.44. The Morgan fingerprint density at radius 2 is 2.17 bits per heavy atom. The quantitative estimate of drug-likeness (QED) is 0.613. The van der Waals surface area contributed by atoms with E-state index in [1.54, 1.807) is 0 Å². The number of fused-ring (bicyclic) bond motifs is 2. The van der Waals surface area contributed by atoms with Gasteiger partial charge in [-0.1, -0.05) is 19.4 Å². The number of carbonyl (C=O) groups excluding carboxylic acids is 2. The highest BCUT2D eigenvalue weighted by molar-refractivity contribution is 6.16. The number of unbranched alkanes of at least 4 members (excludes halogenated alkanes) is 1. The Morgan fingerprint density at radius 1 is 1.39 bits per heavy atom. The molecule has 0 bridgehead atoms. The van der Waals surface area contributed by atoms with Gasteiger partial charge in [-0.3, -0.25) is 14.5 Å². The summed E-state index contributed by atoms with van der Waals surface area (Å²) in [5.74, 6) is -0.372. The van der Waals surface area contributed by atoms with Crippen LogP contribution in [-0.2, 0) is 4.79 Å². The average molecular weight is 318 g/mol. The van der Waals surface area contributed by atoms with Crippen molar-refractivity contribution in [3.8, 4) is 5.88 Å². The normalized spacial score (nSPS) is 26.3. The number of hydrogen-bond acceptors (Lipinski definition) is 6. The second-order valence-corrected chi connectivity index (χ2v) is 6.38. The maximum Gasteiger partial charge on any atom is 0.265 e. The van der Waals surface area contributed by atoms with Gasteiger partial charge < -0.3 is 9.26 Å². The van der Waals surface area contributed by atoms with Crippen LogP contribution in [0.4, 0.5) is 0 Å². The van der Waals surface area contributed by atoms with E-state index in [1.165, 1.54) is 6.08 Å². The van der Waals surface area contributed by atoms with E-state index in [1.807, 2.05) is 25.1 Å². The second kappa shape index (κ2) is 6.28. The van der Waals surface area contributed by atoms with Gasteiger partial charge in [0.25, 0.3) is 5.88 Å². The Balaban J connectivity index is 2.02. The number of ketones is 2. The first kappa shape index (κ1) is 15.9. The first-order chi connectivity index (χ1) is 11.1. The van der Waals surface area contributed by atoms with Gasteiger partial charge in [0.05, 0.1) is 18.6 Å². The molecule has 1 aromatic heterocycles. The van der Waals surface area contributed by atoms with Crippen LogP contribution in [0.2, 0.25) is 0 Å². The monoisotopic (exact) mass is 318 g/mol. The van der Waals surface area contributed by atoms with E-state index >= 15 is 0 Å². The molecule has 0 saturated carbocycles. The minimum Gasteiger partial charge on any atom is -0.475 e. The van der Waals surface area contributed by atoms with Gasteiger partial charge in [-0.15, -0.1) is 0 Å². The van der Waals surface area contributed by atoms with E-state index in [0.717, 1.165) is 12.8 Å². The number of nitrogens with zero attached hydrogens (tertiary/aromatic N) is 2. The topological polar surface area (TPSA) is 72.6 Å². The summed E-state index contributed by atoms with van der Waals surface area (Å²) in [6, 6.07) is -0.155. The van der Waals surface area contributed by atoms with E-state index in [9.17, 15) is 9.59 Å². The van der Waals surface area contributed by atoms with Crippen LogP contribution in [0.25, 0.3) is 0 Å². The zero-order valence-corrected chi connectivity index (χ0v) is 13.7. The molecule has 1 heterocycles. The van der Waals surface area contributed by atoms with Gasteiger partial charge in [-0.25, -0.2) is 0 Å². The van der Waals surface area contributed by atoms with Crippen LogP contribution in [0.5, 0.6) is 5.88 Å². The van der Waals surface area contributed by atoms with Gasteiger partial charge in [0.15, 0.2) is 17.3 Å². The van der Waals surface area contributed by atoms with Gasteiger partial charge >= 0.3 is 0 Å². The van der Waals surface area contributed by atoms with Crippen LogP contribution in [0.1, 0.15) is 48.3 Å². The Labute approximate surface area is 135 Å². The van der Waals surface area contributed by atoms with E-state index in [4.69, 9.17) is 9.26 Å². The van der Waals surface area contributed by atoms with E-state index < -0.39 is 5.92 Å². The molecule has 0 N–H and O–H groups in total. The van der Waals surface area contributed by atoms with E-state index in [-0.39, 0.29) is 29.4 Å². The molecule has 3 atom stereocenters. The van der Waals surface area contributed by atoms with Crippen LogP contribution in [0.15, 0.2) is 16.7 Å². The number of allylic oxidation sites excluding steroid dienone is 2. The van der Waals surface area contributed by atoms with Gasteiger partial charge in [0, 0.05) is 5.92 Å². The summed E-state index contributed by atoms with van der Waals surface area (Å²) in [7, 11) is 3.84. The summed E-state index contributed by atoms with van der Waals surface area (Å²) >= 11 is 0. The predicted molar refractivity (Wildman–Crippen MR) is 83.4 cm³/mol. The molecule has 0 aromatic carbocycles. The fraction of sp³-hybridized carbons (Fsp3) is 0.588. The van der Waals surface area contributed by atoms with Crippen molar-refractivity contribution in [2.45, 2.75) is 32.2 Å². The maximum absolute atomic E-state index is 12.9. The summed E-state index contributed by atoms with van der Waals surface area (Å²) in [5, 5.41) is 3.96. The first-order valence-electron chi connectivity index (χ1n) is 8.09. The van der Waals surface area contributed by atoms with Gasteiger partial charge in [0.1, 0.15) is 5.56 Å². The molecule has 0 fully saturated rings. The number of hydrogen-bond donors (Lipinski definition) is 0. The van der Waals surface area contributed by atoms with E-state index in [0.29, 0.717) is 24.4 Å². The smallest absolute Gasteiger partial charge is 0.265 e. The lowest BCUT2D eigenvalue weighted by molar-refractivity contribution is -0.119. The molecular formula is C17H22N2O4. The summed E-state index contributed by atoms with van der Waals surface area (Å²) < 4.78 is 11.1. The predicted octanol–water partition coefficient (Wildman–Crippen LogP) is 2.41. The maximum atomic E-state index is 12.9. The third-order valence-corrected chi connectivity index (χ3v) is 4.61. The van der Waals surface area contributed by atoms with Crippen molar-refractivity contribution < 1.29 is 18.8 Å². The van der Waals surface area contributed by atoms with Crippen molar-refractivity contribution in [1.29, 1.82) is 0 Å². The lowest BCUT2D eigenvalue weighted by Gasteiger charge is -2.38. The van der Waals surface area contributed by atoms with Gasteiger partial charge in [-0.2, -0.15) is 0 Å². The Morgan fingerprint density at radius 3 is 2.87 bits per heavy atom. The molecule has 0 saturated heterocycles. The molecule has 23 heavy (non-hydrogen) atoms. The molecule has 2 unspecified atom stereocenters. The van der Waals surface area contributed by atoms with Crippen LogP contribution < -0.4 is 4.74 Å². The summed E-state index contributed by atoms with van der Waals surface area (Å²) in [6.07, 6.45) is 5.90. The second-order valence-electron chi connectivity index (χ2n) is 6.38. The zero-order chi connectivity index (χ0) is 16.6. The molecule has 1 aromatic rings. The molecule has 2 aliphatic carbocycles. The molecule has 0 radical (unpaired) electrons. The van der Waals surface area contributed by atoms with Gasteiger partial charge in [-0.05, 0) is 38.2 Å². The Bertz CT molecular complexity index is 647. The molecule has 3 rings (SSSR count). The molecular weight excluding hydrogens is 296 g/mol. The lowest BCUT2D eigenvalue weighted by atomic mass is 9.68. The van der Waals surface area contributed by atoms with Crippen molar-refractivity contribution in [1.82, 2.24) is 10.1 Å². The highest BCUT2D eigenvalue weighted by Crippen LogP contribution is 2.47. The highest BCUT2D eigenvalue weighted by Gasteiger charge is 2.50. The first-order valence-corrected chi connectivity index (χ1v) is 8.09. The Kier molecular flexibility index (Phi) is 4.35. The number of Topliss-reactive ketones (excluding diaryl/α,β-unsaturated/α-hetero) is 1. The standard InChI is InChI=1S/C17H22N2O4/c1-4-5-9-22-17-13-15(21)12-10(7-6-8-11(12)20)14(19(2)3)16(13)23-18-17/h6,8,10,12,14H,4-5,7,9H2,1-3H3/t10?,12?,14-/m0/s1. The number of rotatable bonds is 5. The van der Waals surface area contributed by atoms with Gasteiger partial charge in [0.2, 0.25) is 0 Å². The highest BCUT2D eigenvalue weighted by atomic mass is 16.5. The number of carbonyl (C=O) groups is 2. The van der Waals surface area contributed by atoms with Crippen molar-refractivity contribution in [3.63, 3.8) is 0 Å². The van der Waals surface area contributed by atoms with Crippen molar-refractivity contribution in [2.24, 2.45) is 11.8 Å². The number of aromatic nitrogens is 1. The Hall–Kier alpha value is -1.95. The molecule has 2 aliphatic rings. The largest absolute Gasteiger partial charge is 0.475 e. The summed E-state index contributed by atoms with van der Waals surface area (Å²) in [5.41, 5.74) is 0.352. The van der Waals surface area contributed by atoms with Crippen LogP contribution in [-0.4, -0.2) is 42.3 Å². The van der Waals surface area contributed by atoms with Crippen molar-refractivity contribution in [2.75, 3.05) is 20.7 Å². The number of ether oxygens (including phenoxy) is 1. The van der Waals surface area contributed by atoms with E-state index in [2.05, 4.69) is 12.1 Å². The third-order valence-electron chi connectivity index (χ3n) is 4.61. The molecule has 6 heteroatoms. The zero-order valence-electron chi connectivity index (χ0n) is 13.7.